The minimum atomic E-state index is -3.72. The normalized spacial score (nSPS) is 18.1. The first-order chi connectivity index (χ1) is 12.2. The molecule has 7 nitrogen and oxygen atoms in total. The first-order valence-corrected chi connectivity index (χ1v) is 9.95. The Labute approximate surface area is 153 Å². The highest BCUT2D eigenvalue weighted by Crippen LogP contribution is 2.18. The summed E-state index contributed by atoms with van der Waals surface area (Å²) in [4.78, 5) is 25.2. The molecule has 1 fully saturated rings. The molecule has 0 bridgehead atoms. The molecule has 2 rings (SSSR count). The van der Waals surface area contributed by atoms with Gasteiger partial charge in [-0.1, -0.05) is 0 Å². The van der Waals surface area contributed by atoms with Crippen LogP contribution < -0.4 is 5.73 Å². The number of piperidine rings is 1. The van der Waals surface area contributed by atoms with Crippen LogP contribution in [0.15, 0.2) is 29.2 Å². The molecule has 0 spiro atoms. The first-order valence-electron chi connectivity index (χ1n) is 8.51. The summed E-state index contributed by atoms with van der Waals surface area (Å²) in [6.07, 6.45) is 1.97. The third-order valence-electron chi connectivity index (χ3n) is 4.56. The van der Waals surface area contributed by atoms with Crippen LogP contribution in [0.3, 0.4) is 0 Å². The fourth-order valence-electron chi connectivity index (χ4n) is 2.95. The van der Waals surface area contributed by atoms with Crippen molar-refractivity contribution in [2.75, 3.05) is 26.7 Å². The highest BCUT2D eigenvalue weighted by molar-refractivity contribution is 7.89. The summed E-state index contributed by atoms with van der Waals surface area (Å²) in [7, 11) is -2.29. The molecule has 1 aromatic rings. The molecule has 1 atom stereocenters. The quantitative estimate of drug-likeness (QED) is 0.755. The second-order valence-corrected chi connectivity index (χ2v) is 8.51. The van der Waals surface area contributed by atoms with Crippen molar-refractivity contribution in [3.8, 4) is 0 Å². The fraction of sp³-hybridized carbons (Fsp3) is 0.529. The maximum atomic E-state index is 12.9. The molecule has 1 aromatic carbocycles. The van der Waals surface area contributed by atoms with Crippen molar-refractivity contribution in [2.45, 2.75) is 30.6 Å². The molecular weight excluding hydrogens is 361 g/mol. The minimum absolute atomic E-state index is 0.00746. The Morgan fingerprint density at radius 2 is 1.96 bits per heavy atom. The number of benzene rings is 1. The number of nitrogens with two attached hydrogens (primary N) is 1. The van der Waals surface area contributed by atoms with E-state index in [0.29, 0.717) is 25.9 Å². The number of primary amides is 1. The van der Waals surface area contributed by atoms with E-state index in [4.69, 9.17) is 5.73 Å². The Kier molecular flexibility index (Phi) is 6.71. The second-order valence-electron chi connectivity index (χ2n) is 6.47. The van der Waals surface area contributed by atoms with E-state index in [0.717, 1.165) is 22.9 Å². The highest BCUT2D eigenvalue weighted by Gasteiger charge is 2.27. The molecule has 1 aliphatic rings. The predicted molar refractivity (Wildman–Crippen MR) is 93.9 cm³/mol. The molecule has 2 N–H and O–H groups in total. The van der Waals surface area contributed by atoms with Gasteiger partial charge in [0.05, 0.1) is 10.8 Å². The summed E-state index contributed by atoms with van der Waals surface area (Å²) in [5.41, 5.74) is 5.31. The van der Waals surface area contributed by atoms with Crippen LogP contribution in [-0.2, 0) is 19.6 Å². The van der Waals surface area contributed by atoms with Gasteiger partial charge in [-0.25, -0.2) is 17.1 Å². The summed E-state index contributed by atoms with van der Waals surface area (Å²) in [6.45, 7) is 1.09. The first kappa shape index (κ1) is 20.3. The number of nitrogens with zero attached hydrogens (tertiary/aromatic N) is 2. The average molecular weight is 385 g/mol. The van der Waals surface area contributed by atoms with E-state index in [1.807, 2.05) is 0 Å². The van der Waals surface area contributed by atoms with Gasteiger partial charge in [-0.05, 0) is 43.5 Å². The molecule has 0 saturated carbocycles. The van der Waals surface area contributed by atoms with Gasteiger partial charge in [0.15, 0.2) is 0 Å². The third kappa shape index (κ3) is 5.01. The number of halogens is 1. The molecule has 1 saturated heterocycles. The lowest BCUT2D eigenvalue weighted by Gasteiger charge is -2.31. The van der Waals surface area contributed by atoms with Crippen LogP contribution in [0.4, 0.5) is 4.39 Å². The zero-order valence-corrected chi connectivity index (χ0v) is 15.5. The van der Waals surface area contributed by atoms with Gasteiger partial charge < -0.3 is 10.6 Å². The van der Waals surface area contributed by atoms with E-state index in [1.165, 1.54) is 19.2 Å². The number of likely N-dealkylation sites (tertiary alicyclic amines) is 1. The molecule has 9 heteroatoms. The van der Waals surface area contributed by atoms with Gasteiger partial charge in [0, 0.05) is 33.1 Å². The fourth-order valence-corrected chi connectivity index (χ4v) is 4.16. The zero-order valence-electron chi connectivity index (χ0n) is 14.7. The lowest BCUT2D eigenvalue weighted by atomic mass is 9.97. The zero-order chi connectivity index (χ0) is 19.3. The van der Waals surface area contributed by atoms with Gasteiger partial charge >= 0.3 is 0 Å². The topological polar surface area (TPSA) is 101 Å². The van der Waals surface area contributed by atoms with Gasteiger partial charge in [-0.15, -0.1) is 0 Å². The number of amides is 2. The number of carbonyl (C=O) groups excluding carboxylic acids is 2. The van der Waals surface area contributed by atoms with Gasteiger partial charge in [0.1, 0.15) is 5.82 Å². The van der Waals surface area contributed by atoms with Crippen molar-refractivity contribution >= 4 is 21.8 Å². The van der Waals surface area contributed by atoms with Gasteiger partial charge in [0.2, 0.25) is 21.8 Å². The van der Waals surface area contributed by atoms with E-state index in [1.54, 1.807) is 4.90 Å². The smallest absolute Gasteiger partial charge is 0.242 e. The molecule has 0 unspecified atom stereocenters. The molecule has 26 heavy (non-hydrogen) atoms. The molecule has 2 amide bonds. The summed E-state index contributed by atoms with van der Waals surface area (Å²) in [5, 5.41) is 0. The number of hydrogen-bond donors (Lipinski definition) is 1. The van der Waals surface area contributed by atoms with Crippen molar-refractivity contribution < 1.29 is 22.4 Å². The van der Waals surface area contributed by atoms with Crippen LogP contribution in [0, 0.1) is 11.7 Å². The standard InChI is InChI=1S/C17H24FN3O4S/c1-20(26(24,25)15-8-6-14(18)7-9-15)10-3-5-16(22)21-11-2-4-13(12-21)17(19)23/h6-9,13H,2-5,10-12H2,1H3,(H2,19,23)/t13-/m1/s1. The molecule has 144 valence electrons. The predicted octanol–water partition coefficient (Wildman–Crippen LogP) is 0.950. The molecule has 0 aliphatic carbocycles. The summed E-state index contributed by atoms with van der Waals surface area (Å²) in [6, 6.07) is 4.61. The lowest BCUT2D eigenvalue weighted by Crippen LogP contribution is -2.44. The Bertz CT molecular complexity index is 752. The van der Waals surface area contributed by atoms with Crippen LogP contribution in [-0.4, -0.2) is 56.1 Å². The van der Waals surface area contributed by atoms with Crippen molar-refractivity contribution in [1.82, 2.24) is 9.21 Å². The number of hydrogen-bond acceptors (Lipinski definition) is 4. The van der Waals surface area contributed by atoms with E-state index in [9.17, 15) is 22.4 Å². The monoisotopic (exact) mass is 385 g/mol. The van der Waals surface area contributed by atoms with Crippen LogP contribution in [0.2, 0.25) is 0 Å². The molecular formula is C17H24FN3O4S. The van der Waals surface area contributed by atoms with E-state index in [2.05, 4.69) is 0 Å². The van der Waals surface area contributed by atoms with Crippen molar-refractivity contribution in [3.05, 3.63) is 30.1 Å². The number of carbonyl (C=O) groups is 2. The van der Waals surface area contributed by atoms with Crippen LogP contribution in [0.25, 0.3) is 0 Å². The van der Waals surface area contributed by atoms with E-state index >= 15 is 0 Å². The van der Waals surface area contributed by atoms with Crippen LogP contribution >= 0.6 is 0 Å². The summed E-state index contributed by atoms with van der Waals surface area (Å²) in [5.74, 6) is -1.32. The van der Waals surface area contributed by atoms with Gasteiger partial charge in [-0.3, -0.25) is 9.59 Å². The Morgan fingerprint density at radius 1 is 1.31 bits per heavy atom. The SMILES string of the molecule is CN(CCCC(=O)N1CCC[C@@H](C(N)=O)C1)S(=O)(=O)c1ccc(F)cc1. The minimum Gasteiger partial charge on any atom is -0.369 e. The highest BCUT2D eigenvalue weighted by atomic mass is 32.2. The summed E-state index contributed by atoms with van der Waals surface area (Å²) >= 11 is 0. The van der Waals surface area contributed by atoms with E-state index in [-0.39, 0.29) is 29.7 Å². The van der Waals surface area contributed by atoms with Crippen LogP contribution in [0.1, 0.15) is 25.7 Å². The molecule has 1 heterocycles. The third-order valence-corrected chi connectivity index (χ3v) is 6.43. The average Bonchev–Trinajstić information content (AvgIpc) is 2.61. The van der Waals surface area contributed by atoms with Crippen LogP contribution in [0.5, 0.6) is 0 Å². The summed E-state index contributed by atoms with van der Waals surface area (Å²) < 4.78 is 38.9. The second kappa shape index (κ2) is 8.59. The number of sulfonamides is 1. The maximum Gasteiger partial charge on any atom is 0.242 e. The van der Waals surface area contributed by atoms with Crippen molar-refractivity contribution in [2.24, 2.45) is 11.7 Å². The van der Waals surface area contributed by atoms with E-state index < -0.39 is 21.7 Å². The van der Waals surface area contributed by atoms with Gasteiger partial charge in [-0.2, -0.15) is 0 Å². The molecule has 1 aliphatic heterocycles. The molecule has 0 radical (unpaired) electrons. The van der Waals surface area contributed by atoms with Gasteiger partial charge in [0.25, 0.3) is 0 Å². The van der Waals surface area contributed by atoms with Crippen molar-refractivity contribution in [1.29, 1.82) is 0 Å². The molecule has 0 aromatic heterocycles. The Morgan fingerprint density at radius 3 is 2.58 bits per heavy atom. The lowest BCUT2D eigenvalue weighted by molar-refractivity contribution is -0.135. The van der Waals surface area contributed by atoms with Crippen molar-refractivity contribution in [3.63, 3.8) is 0 Å². The Hall–Kier alpha value is -2.00. The Balaban J connectivity index is 1.85. The number of rotatable bonds is 7. The largest absolute Gasteiger partial charge is 0.369 e. The maximum absolute atomic E-state index is 12.9.